The van der Waals surface area contributed by atoms with Crippen LogP contribution in [0.15, 0.2) is 0 Å². The van der Waals surface area contributed by atoms with Gasteiger partial charge in [0, 0.05) is 13.1 Å². The van der Waals surface area contributed by atoms with Crippen molar-refractivity contribution in [2.75, 3.05) is 13.1 Å². The molecule has 1 aliphatic rings. The van der Waals surface area contributed by atoms with Crippen LogP contribution < -0.4 is 5.32 Å². The molecule has 0 aromatic rings. The molecule has 1 saturated heterocycles. The van der Waals surface area contributed by atoms with Crippen LogP contribution >= 0.6 is 0 Å². The molecule has 2 unspecified atom stereocenters. The fraction of sp³-hybridized carbons (Fsp3) is 0.769. The fourth-order valence-electron chi connectivity index (χ4n) is 2.09. The van der Waals surface area contributed by atoms with Gasteiger partial charge in [-0.2, -0.15) is 0 Å². The second-order valence-electron chi connectivity index (χ2n) is 4.43. The second-order valence-corrected chi connectivity index (χ2v) is 4.43. The lowest BCUT2D eigenvalue weighted by Gasteiger charge is -2.23. The van der Waals surface area contributed by atoms with Gasteiger partial charge in [-0.05, 0) is 26.2 Å². The van der Waals surface area contributed by atoms with Crippen molar-refractivity contribution in [3.05, 3.63) is 0 Å². The fourth-order valence-corrected chi connectivity index (χ4v) is 2.09. The standard InChI is InChI=1S/C13H22N2O/c1-4-8-12(5-2)14-11(3)13(16)15-9-6-7-10-15/h2,11-12,14H,4,6-10H2,1,3H3. The van der Waals surface area contributed by atoms with Crippen LogP contribution in [0, 0.1) is 12.3 Å². The molecule has 1 N–H and O–H groups in total. The minimum atomic E-state index is -0.161. The maximum Gasteiger partial charge on any atom is 0.239 e. The van der Waals surface area contributed by atoms with E-state index in [9.17, 15) is 4.79 Å². The van der Waals surface area contributed by atoms with E-state index in [1.807, 2.05) is 11.8 Å². The summed E-state index contributed by atoms with van der Waals surface area (Å²) in [6.45, 7) is 5.80. The van der Waals surface area contributed by atoms with Gasteiger partial charge in [-0.3, -0.25) is 10.1 Å². The maximum atomic E-state index is 12.0. The molecule has 3 nitrogen and oxygen atoms in total. The summed E-state index contributed by atoms with van der Waals surface area (Å²) < 4.78 is 0. The van der Waals surface area contributed by atoms with Crippen LogP contribution in [-0.2, 0) is 4.79 Å². The first-order valence-electron chi connectivity index (χ1n) is 6.20. The van der Waals surface area contributed by atoms with Gasteiger partial charge < -0.3 is 4.90 Å². The number of nitrogens with zero attached hydrogens (tertiary/aromatic N) is 1. The summed E-state index contributed by atoms with van der Waals surface area (Å²) in [5.41, 5.74) is 0. The van der Waals surface area contributed by atoms with E-state index in [4.69, 9.17) is 6.42 Å². The summed E-state index contributed by atoms with van der Waals surface area (Å²) >= 11 is 0. The van der Waals surface area contributed by atoms with Crippen molar-refractivity contribution in [1.82, 2.24) is 10.2 Å². The van der Waals surface area contributed by atoms with Crippen molar-refractivity contribution < 1.29 is 4.79 Å². The van der Waals surface area contributed by atoms with Gasteiger partial charge >= 0.3 is 0 Å². The lowest BCUT2D eigenvalue weighted by atomic mass is 10.1. The van der Waals surface area contributed by atoms with Crippen LogP contribution in [0.1, 0.15) is 39.5 Å². The van der Waals surface area contributed by atoms with Gasteiger partial charge in [0.15, 0.2) is 0 Å². The third-order valence-corrected chi connectivity index (χ3v) is 3.02. The number of terminal acetylenes is 1. The zero-order valence-electron chi connectivity index (χ0n) is 10.3. The molecule has 2 atom stereocenters. The molecule has 1 heterocycles. The lowest BCUT2D eigenvalue weighted by molar-refractivity contribution is -0.132. The van der Waals surface area contributed by atoms with Gasteiger partial charge in [0.2, 0.25) is 5.91 Å². The Balaban J connectivity index is 2.41. The Morgan fingerprint density at radius 3 is 2.62 bits per heavy atom. The zero-order chi connectivity index (χ0) is 12.0. The number of amides is 1. The molecule has 1 fully saturated rings. The average molecular weight is 222 g/mol. The van der Waals surface area contributed by atoms with E-state index in [-0.39, 0.29) is 18.0 Å². The molecular weight excluding hydrogens is 200 g/mol. The van der Waals surface area contributed by atoms with E-state index in [0.717, 1.165) is 38.8 Å². The molecule has 1 amide bonds. The normalized spacial score (nSPS) is 19.2. The summed E-state index contributed by atoms with van der Waals surface area (Å²) in [6.07, 6.45) is 9.64. The van der Waals surface area contributed by atoms with Crippen molar-refractivity contribution in [2.45, 2.75) is 51.6 Å². The summed E-state index contributed by atoms with van der Waals surface area (Å²) in [6, 6.07) is -0.141. The quantitative estimate of drug-likeness (QED) is 0.713. The molecular formula is C13H22N2O. The Hall–Kier alpha value is -1.01. The average Bonchev–Trinajstić information content (AvgIpc) is 2.80. The van der Waals surface area contributed by atoms with Gasteiger partial charge in [-0.15, -0.1) is 6.42 Å². The van der Waals surface area contributed by atoms with Gasteiger partial charge in [-0.1, -0.05) is 19.3 Å². The topological polar surface area (TPSA) is 32.3 Å². The van der Waals surface area contributed by atoms with Crippen molar-refractivity contribution in [2.24, 2.45) is 0 Å². The number of rotatable bonds is 5. The van der Waals surface area contributed by atoms with Gasteiger partial charge in [0.1, 0.15) is 0 Å². The zero-order valence-corrected chi connectivity index (χ0v) is 10.3. The van der Waals surface area contributed by atoms with E-state index in [2.05, 4.69) is 18.2 Å². The molecule has 1 aliphatic heterocycles. The number of carbonyl (C=O) groups excluding carboxylic acids is 1. The molecule has 0 aromatic heterocycles. The summed E-state index contributed by atoms with van der Waals surface area (Å²) in [7, 11) is 0. The van der Waals surface area contributed by atoms with Crippen molar-refractivity contribution in [3.8, 4) is 12.3 Å². The molecule has 1 rings (SSSR count). The molecule has 90 valence electrons. The second kappa shape index (κ2) is 6.55. The Morgan fingerprint density at radius 1 is 1.50 bits per heavy atom. The highest BCUT2D eigenvalue weighted by Gasteiger charge is 2.24. The Bertz CT molecular complexity index is 264. The molecule has 0 radical (unpaired) electrons. The minimum absolute atomic E-state index is 0.0200. The Labute approximate surface area is 98.6 Å². The van der Waals surface area contributed by atoms with E-state index in [0.29, 0.717) is 0 Å². The van der Waals surface area contributed by atoms with E-state index >= 15 is 0 Å². The predicted octanol–water partition coefficient (Wildman–Crippen LogP) is 1.39. The third kappa shape index (κ3) is 3.53. The number of carbonyl (C=O) groups is 1. The monoisotopic (exact) mass is 222 g/mol. The predicted molar refractivity (Wildman–Crippen MR) is 65.9 cm³/mol. The SMILES string of the molecule is C#CC(CCC)NC(C)C(=O)N1CCCC1. The van der Waals surface area contributed by atoms with E-state index in [1.54, 1.807) is 0 Å². The molecule has 0 aromatic carbocycles. The van der Waals surface area contributed by atoms with Gasteiger partial charge in [0.25, 0.3) is 0 Å². The maximum absolute atomic E-state index is 12.0. The summed E-state index contributed by atoms with van der Waals surface area (Å²) in [5.74, 6) is 2.89. The molecule has 0 aliphatic carbocycles. The van der Waals surface area contributed by atoms with Crippen LogP contribution in [0.25, 0.3) is 0 Å². The Morgan fingerprint density at radius 2 is 2.12 bits per heavy atom. The highest BCUT2D eigenvalue weighted by Crippen LogP contribution is 2.09. The van der Waals surface area contributed by atoms with Crippen LogP contribution in [0.5, 0.6) is 0 Å². The van der Waals surface area contributed by atoms with Crippen molar-refractivity contribution in [3.63, 3.8) is 0 Å². The number of hydrogen-bond acceptors (Lipinski definition) is 2. The molecule has 3 heteroatoms. The number of nitrogens with one attached hydrogen (secondary N) is 1. The molecule has 16 heavy (non-hydrogen) atoms. The lowest BCUT2D eigenvalue weighted by Crippen LogP contribution is -2.47. The number of likely N-dealkylation sites (tertiary alicyclic amines) is 1. The summed E-state index contributed by atoms with van der Waals surface area (Å²) in [4.78, 5) is 13.9. The molecule has 0 bridgehead atoms. The number of hydrogen-bond donors (Lipinski definition) is 1. The van der Waals surface area contributed by atoms with Gasteiger partial charge in [-0.25, -0.2) is 0 Å². The molecule has 0 saturated carbocycles. The van der Waals surface area contributed by atoms with Crippen molar-refractivity contribution in [1.29, 1.82) is 0 Å². The van der Waals surface area contributed by atoms with Crippen LogP contribution in [0.4, 0.5) is 0 Å². The van der Waals surface area contributed by atoms with E-state index < -0.39 is 0 Å². The third-order valence-electron chi connectivity index (χ3n) is 3.02. The first-order chi connectivity index (χ1) is 7.69. The minimum Gasteiger partial charge on any atom is -0.341 e. The molecule has 0 spiro atoms. The smallest absolute Gasteiger partial charge is 0.239 e. The van der Waals surface area contributed by atoms with Crippen LogP contribution in [0.2, 0.25) is 0 Å². The van der Waals surface area contributed by atoms with Crippen LogP contribution in [-0.4, -0.2) is 36.0 Å². The largest absolute Gasteiger partial charge is 0.341 e. The van der Waals surface area contributed by atoms with E-state index in [1.165, 1.54) is 0 Å². The first kappa shape index (κ1) is 13.1. The highest BCUT2D eigenvalue weighted by atomic mass is 16.2. The van der Waals surface area contributed by atoms with Gasteiger partial charge in [0.05, 0.1) is 12.1 Å². The Kier molecular flexibility index (Phi) is 5.34. The van der Waals surface area contributed by atoms with Crippen LogP contribution in [0.3, 0.4) is 0 Å². The van der Waals surface area contributed by atoms with Crippen molar-refractivity contribution >= 4 is 5.91 Å². The first-order valence-corrected chi connectivity index (χ1v) is 6.20. The summed E-state index contributed by atoms with van der Waals surface area (Å²) in [5, 5.41) is 3.22. The highest BCUT2D eigenvalue weighted by molar-refractivity contribution is 5.81.